The summed E-state index contributed by atoms with van der Waals surface area (Å²) in [6.07, 6.45) is 9.44. The highest BCUT2D eigenvalue weighted by Crippen LogP contribution is 2.65. The van der Waals surface area contributed by atoms with E-state index in [1.165, 1.54) is 6.08 Å². The van der Waals surface area contributed by atoms with E-state index in [0.717, 1.165) is 12.8 Å². The highest BCUT2D eigenvalue weighted by molar-refractivity contribution is 6.38. The van der Waals surface area contributed by atoms with Gasteiger partial charge in [-0.05, 0) is 70.1 Å². The summed E-state index contributed by atoms with van der Waals surface area (Å²) in [5.74, 6) is -2.66. The number of amides is 4. The molecule has 4 amide bonds. The number of likely N-dealkylation sites (tertiary alicyclic amines) is 1. The van der Waals surface area contributed by atoms with Gasteiger partial charge in [-0.1, -0.05) is 38.2 Å². The van der Waals surface area contributed by atoms with Gasteiger partial charge in [0.2, 0.25) is 17.6 Å². The predicted octanol–water partition coefficient (Wildman–Crippen LogP) is 3.04. The van der Waals surface area contributed by atoms with E-state index >= 15 is 0 Å². The average molecular weight is 571 g/mol. The van der Waals surface area contributed by atoms with Crippen LogP contribution in [-0.4, -0.2) is 71.3 Å². The molecule has 3 rings (SSSR count). The van der Waals surface area contributed by atoms with Crippen molar-refractivity contribution in [2.45, 2.75) is 90.4 Å². The fraction of sp³-hybridized carbons (Fsp3) is 0.645. The van der Waals surface area contributed by atoms with Gasteiger partial charge in [0.1, 0.15) is 17.7 Å². The van der Waals surface area contributed by atoms with Crippen LogP contribution < -0.4 is 16.0 Å². The van der Waals surface area contributed by atoms with Crippen molar-refractivity contribution in [1.29, 1.82) is 0 Å². The number of rotatable bonds is 12. The molecule has 3 aliphatic rings. The second kappa shape index (κ2) is 13.0. The zero-order valence-corrected chi connectivity index (χ0v) is 25.0. The smallest absolute Gasteiger partial charge is 0.408 e. The first-order chi connectivity index (χ1) is 19.2. The van der Waals surface area contributed by atoms with Gasteiger partial charge in [-0.15, -0.1) is 13.2 Å². The van der Waals surface area contributed by atoms with E-state index in [1.807, 2.05) is 12.2 Å². The maximum Gasteiger partial charge on any atom is 0.408 e. The first kappa shape index (κ1) is 32.1. The maximum atomic E-state index is 14.1. The van der Waals surface area contributed by atoms with Crippen LogP contribution in [0.1, 0.15) is 66.7 Å². The SMILES string of the molecule is C=CCCC(NC(=O)[C@@H]1[C@@H]2[C@H](CN1C(=O)C(NC(=O)OC(C)(C)C)C1C=CCCC1)C2(C)C)C(=O)C(=O)NCC=C. The number of allylic oxidation sites excluding steroid dienone is 2. The third-order valence-electron chi connectivity index (χ3n) is 8.34. The monoisotopic (exact) mass is 570 g/mol. The van der Waals surface area contributed by atoms with Gasteiger partial charge in [-0.2, -0.15) is 0 Å². The molecule has 10 heteroatoms. The van der Waals surface area contributed by atoms with E-state index in [9.17, 15) is 24.0 Å². The lowest BCUT2D eigenvalue weighted by atomic mass is 9.88. The molecule has 2 aliphatic carbocycles. The largest absolute Gasteiger partial charge is 0.444 e. The van der Waals surface area contributed by atoms with Crippen molar-refractivity contribution in [3.05, 3.63) is 37.5 Å². The lowest BCUT2D eigenvalue weighted by molar-refractivity contribution is -0.144. The minimum Gasteiger partial charge on any atom is -0.444 e. The summed E-state index contributed by atoms with van der Waals surface area (Å²) in [4.78, 5) is 67.7. The predicted molar refractivity (Wildman–Crippen MR) is 155 cm³/mol. The number of nitrogens with zero attached hydrogens (tertiary/aromatic N) is 1. The molecule has 0 spiro atoms. The highest BCUT2D eigenvalue weighted by Gasteiger charge is 2.69. The van der Waals surface area contributed by atoms with Gasteiger partial charge in [0.05, 0.1) is 6.04 Å². The molecule has 1 aliphatic heterocycles. The first-order valence-electron chi connectivity index (χ1n) is 14.5. The normalized spacial score (nSPS) is 25.6. The molecule has 10 nitrogen and oxygen atoms in total. The lowest BCUT2D eigenvalue weighted by Crippen LogP contribution is -2.59. The van der Waals surface area contributed by atoms with Crippen LogP contribution in [0.2, 0.25) is 0 Å². The van der Waals surface area contributed by atoms with Crippen molar-refractivity contribution >= 4 is 29.6 Å². The van der Waals surface area contributed by atoms with Crippen LogP contribution in [-0.2, 0) is 23.9 Å². The Labute approximate surface area is 243 Å². The third-order valence-corrected chi connectivity index (χ3v) is 8.34. The Morgan fingerprint density at radius 2 is 1.83 bits per heavy atom. The topological polar surface area (TPSA) is 134 Å². The number of hydrogen-bond donors (Lipinski definition) is 3. The summed E-state index contributed by atoms with van der Waals surface area (Å²) >= 11 is 0. The molecule has 3 N–H and O–H groups in total. The maximum absolute atomic E-state index is 14.1. The summed E-state index contributed by atoms with van der Waals surface area (Å²) in [5.41, 5.74) is -0.910. The van der Waals surface area contributed by atoms with Gasteiger partial charge in [0.15, 0.2) is 0 Å². The van der Waals surface area contributed by atoms with Crippen molar-refractivity contribution in [3.63, 3.8) is 0 Å². The lowest BCUT2D eigenvalue weighted by Gasteiger charge is -2.36. The molecule has 0 aromatic rings. The Hall–Kier alpha value is -3.43. The van der Waals surface area contributed by atoms with E-state index in [-0.39, 0.29) is 42.0 Å². The number of Topliss-reactive ketones (excluding diaryl/α,β-unsaturated/α-hetero) is 1. The van der Waals surface area contributed by atoms with Gasteiger partial charge < -0.3 is 25.6 Å². The zero-order chi connectivity index (χ0) is 30.5. The number of hydrogen-bond acceptors (Lipinski definition) is 6. The van der Waals surface area contributed by atoms with E-state index in [1.54, 1.807) is 31.7 Å². The molecule has 6 atom stereocenters. The molecule has 3 unspecified atom stereocenters. The van der Waals surface area contributed by atoms with Gasteiger partial charge in [0.25, 0.3) is 5.91 Å². The second-order valence-electron chi connectivity index (χ2n) is 12.8. The van der Waals surface area contributed by atoms with Crippen LogP contribution in [0, 0.1) is 23.2 Å². The van der Waals surface area contributed by atoms with Gasteiger partial charge >= 0.3 is 6.09 Å². The molecule has 1 heterocycles. The van der Waals surface area contributed by atoms with E-state index in [0.29, 0.717) is 19.4 Å². The Morgan fingerprint density at radius 1 is 1.12 bits per heavy atom. The molecular formula is C31H46N4O6. The first-order valence-corrected chi connectivity index (χ1v) is 14.5. The minimum atomic E-state index is -1.07. The molecule has 0 aromatic heterocycles. The Kier molecular flexibility index (Phi) is 10.2. The van der Waals surface area contributed by atoms with Crippen LogP contribution in [0.4, 0.5) is 4.79 Å². The standard InChI is InChI=1S/C31H46N4O6/c1-8-10-16-21(25(36)27(38)32-17-9-2)33-26(37)24-22-20(31(22,6)7)18-35(24)28(39)23(19-14-12-11-13-15-19)34-29(40)41-30(3,4)5/h8-9,12,14,19-24H,1-2,10-11,13,15-18H2,3-7H3,(H,32,38)(H,33,37)(H,34,40)/t19?,20-,21?,22-,23?,24-/m0/s1. The van der Waals surface area contributed by atoms with Crippen LogP contribution in [0.5, 0.6) is 0 Å². The summed E-state index contributed by atoms with van der Waals surface area (Å²) in [6.45, 7) is 17.1. The number of fused-ring (bicyclic) bond motifs is 1. The number of ketones is 1. The molecule has 0 radical (unpaired) electrons. The number of ether oxygens (including phenoxy) is 1. The molecule has 41 heavy (non-hydrogen) atoms. The average Bonchev–Trinajstić information content (AvgIpc) is 3.23. The van der Waals surface area contributed by atoms with Crippen molar-refractivity contribution in [1.82, 2.24) is 20.9 Å². The van der Waals surface area contributed by atoms with Gasteiger partial charge in [-0.3, -0.25) is 19.2 Å². The fourth-order valence-corrected chi connectivity index (χ4v) is 6.12. The number of alkyl carbamates (subject to hydrolysis) is 1. The number of carbonyl (C=O) groups is 5. The number of piperidine rings is 1. The molecule has 226 valence electrons. The van der Waals surface area contributed by atoms with Crippen LogP contribution in [0.25, 0.3) is 0 Å². The second-order valence-corrected chi connectivity index (χ2v) is 12.8. The molecule has 2 fully saturated rings. The van der Waals surface area contributed by atoms with E-state index < -0.39 is 47.4 Å². The van der Waals surface area contributed by atoms with Crippen LogP contribution in [0.3, 0.4) is 0 Å². The Morgan fingerprint density at radius 3 is 2.41 bits per heavy atom. The zero-order valence-electron chi connectivity index (χ0n) is 25.0. The summed E-state index contributed by atoms with van der Waals surface area (Å²) in [5, 5.41) is 8.04. The van der Waals surface area contributed by atoms with Gasteiger partial charge in [0, 0.05) is 19.0 Å². The number of carbonyl (C=O) groups excluding carboxylic acids is 5. The van der Waals surface area contributed by atoms with Crippen LogP contribution in [0.15, 0.2) is 37.5 Å². The third kappa shape index (κ3) is 7.65. The van der Waals surface area contributed by atoms with Crippen molar-refractivity contribution in [2.75, 3.05) is 13.1 Å². The Bertz CT molecular complexity index is 1090. The molecule has 0 aromatic carbocycles. The van der Waals surface area contributed by atoms with E-state index in [4.69, 9.17) is 4.74 Å². The number of nitrogens with one attached hydrogen (secondary N) is 3. The molecular weight excluding hydrogens is 524 g/mol. The van der Waals surface area contributed by atoms with Crippen molar-refractivity contribution in [3.8, 4) is 0 Å². The molecule has 0 bridgehead atoms. The highest BCUT2D eigenvalue weighted by atomic mass is 16.6. The quantitative estimate of drug-likeness (QED) is 0.244. The molecule has 1 saturated carbocycles. The van der Waals surface area contributed by atoms with Crippen molar-refractivity contribution in [2.24, 2.45) is 23.2 Å². The minimum absolute atomic E-state index is 0.101. The van der Waals surface area contributed by atoms with Crippen molar-refractivity contribution < 1.29 is 28.7 Å². The summed E-state index contributed by atoms with van der Waals surface area (Å²) < 4.78 is 5.46. The van der Waals surface area contributed by atoms with Crippen LogP contribution >= 0.6 is 0 Å². The summed E-state index contributed by atoms with van der Waals surface area (Å²) in [6, 6.07) is -2.81. The fourth-order valence-electron chi connectivity index (χ4n) is 6.12. The molecule has 1 saturated heterocycles. The van der Waals surface area contributed by atoms with Gasteiger partial charge in [-0.25, -0.2) is 4.79 Å². The van der Waals surface area contributed by atoms with E-state index in [2.05, 4.69) is 43.0 Å². The Balaban J connectivity index is 1.86. The summed E-state index contributed by atoms with van der Waals surface area (Å²) in [7, 11) is 0.